The molecule has 0 spiro atoms. The van der Waals surface area contributed by atoms with Crippen molar-refractivity contribution in [3.05, 3.63) is 64.1 Å². The highest BCUT2D eigenvalue weighted by atomic mass is 79.9. The lowest BCUT2D eigenvalue weighted by molar-refractivity contribution is -0.117. The highest BCUT2D eigenvalue weighted by Gasteiger charge is 2.20. The van der Waals surface area contributed by atoms with Crippen molar-refractivity contribution >= 4 is 27.5 Å². The van der Waals surface area contributed by atoms with Crippen LogP contribution >= 0.6 is 15.9 Å². The molecule has 0 unspecified atom stereocenters. The summed E-state index contributed by atoms with van der Waals surface area (Å²) in [6.07, 6.45) is 0. The van der Waals surface area contributed by atoms with Crippen LogP contribution in [0, 0.1) is 11.6 Å². The van der Waals surface area contributed by atoms with Crippen LogP contribution in [0.3, 0.4) is 0 Å². The second-order valence-electron chi connectivity index (χ2n) is 6.32. The minimum atomic E-state index is -0.470. The van der Waals surface area contributed by atoms with Gasteiger partial charge in [0, 0.05) is 42.8 Å². The van der Waals surface area contributed by atoms with Crippen LogP contribution in [0.5, 0.6) is 0 Å². The SMILES string of the molecule is O=C(CN1CCN(Cc2ccccc2F)CC1)Nc1ccc(Br)cc1F. The maximum atomic E-state index is 13.8. The second-order valence-corrected chi connectivity index (χ2v) is 7.23. The number of hydrogen-bond acceptors (Lipinski definition) is 3. The quantitative estimate of drug-likeness (QED) is 0.799. The van der Waals surface area contributed by atoms with Gasteiger partial charge in [-0.25, -0.2) is 8.78 Å². The summed E-state index contributed by atoms with van der Waals surface area (Å²) >= 11 is 3.19. The number of amides is 1. The van der Waals surface area contributed by atoms with Gasteiger partial charge in [0.2, 0.25) is 5.91 Å². The summed E-state index contributed by atoms with van der Waals surface area (Å²) in [5.74, 6) is -0.901. The molecule has 138 valence electrons. The van der Waals surface area contributed by atoms with Crippen molar-refractivity contribution in [3.8, 4) is 0 Å². The molecule has 0 aliphatic carbocycles. The zero-order chi connectivity index (χ0) is 18.5. The number of rotatable bonds is 5. The van der Waals surface area contributed by atoms with Crippen LogP contribution in [0.4, 0.5) is 14.5 Å². The van der Waals surface area contributed by atoms with Gasteiger partial charge in [-0.1, -0.05) is 34.1 Å². The maximum absolute atomic E-state index is 13.8. The normalized spacial score (nSPS) is 15.8. The lowest BCUT2D eigenvalue weighted by Gasteiger charge is -2.34. The number of carbonyl (C=O) groups is 1. The van der Waals surface area contributed by atoms with Crippen LogP contribution < -0.4 is 5.32 Å². The van der Waals surface area contributed by atoms with Gasteiger partial charge in [0.1, 0.15) is 11.6 Å². The first-order valence-corrected chi connectivity index (χ1v) is 9.23. The summed E-state index contributed by atoms with van der Waals surface area (Å²) in [5.41, 5.74) is 0.862. The van der Waals surface area contributed by atoms with E-state index in [4.69, 9.17) is 0 Å². The van der Waals surface area contributed by atoms with Gasteiger partial charge in [0.05, 0.1) is 12.2 Å². The molecule has 2 aromatic carbocycles. The number of nitrogens with zero attached hydrogens (tertiary/aromatic N) is 2. The van der Waals surface area contributed by atoms with E-state index in [0.29, 0.717) is 29.7 Å². The van der Waals surface area contributed by atoms with Gasteiger partial charge >= 0.3 is 0 Å². The van der Waals surface area contributed by atoms with Crippen LogP contribution in [-0.2, 0) is 11.3 Å². The van der Waals surface area contributed by atoms with Gasteiger partial charge in [-0.3, -0.25) is 14.6 Å². The Morgan fingerprint density at radius 3 is 2.38 bits per heavy atom. The van der Waals surface area contributed by atoms with E-state index < -0.39 is 5.82 Å². The van der Waals surface area contributed by atoms with E-state index in [2.05, 4.69) is 26.1 Å². The number of nitrogens with one attached hydrogen (secondary N) is 1. The molecule has 3 rings (SSSR count). The van der Waals surface area contributed by atoms with E-state index in [1.165, 1.54) is 18.2 Å². The highest BCUT2D eigenvalue weighted by molar-refractivity contribution is 9.10. The fourth-order valence-electron chi connectivity index (χ4n) is 2.96. The summed E-state index contributed by atoms with van der Waals surface area (Å²) in [5, 5.41) is 2.60. The Kier molecular flexibility index (Phi) is 6.34. The molecule has 7 heteroatoms. The number of anilines is 1. The molecule has 0 aromatic heterocycles. The minimum Gasteiger partial charge on any atom is -0.322 e. The second kappa shape index (κ2) is 8.70. The largest absolute Gasteiger partial charge is 0.322 e. The molecule has 26 heavy (non-hydrogen) atoms. The van der Waals surface area contributed by atoms with Crippen molar-refractivity contribution < 1.29 is 13.6 Å². The summed E-state index contributed by atoms with van der Waals surface area (Å²) in [6, 6.07) is 11.3. The predicted octanol–water partition coefficient (Wildman–Crippen LogP) is 3.48. The molecule has 1 saturated heterocycles. The Labute approximate surface area is 159 Å². The average molecular weight is 424 g/mol. The molecule has 1 heterocycles. The number of halogens is 3. The molecule has 1 N–H and O–H groups in total. The van der Waals surface area contributed by atoms with E-state index in [-0.39, 0.29) is 24.0 Å². The number of carbonyl (C=O) groups excluding carboxylic acids is 1. The molecule has 0 radical (unpaired) electrons. The average Bonchev–Trinajstić information content (AvgIpc) is 2.61. The van der Waals surface area contributed by atoms with Gasteiger partial charge in [-0.2, -0.15) is 0 Å². The Balaban J connectivity index is 1.46. The van der Waals surface area contributed by atoms with Crippen molar-refractivity contribution in [1.82, 2.24) is 9.80 Å². The number of hydrogen-bond donors (Lipinski definition) is 1. The van der Waals surface area contributed by atoms with E-state index in [9.17, 15) is 13.6 Å². The smallest absolute Gasteiger partial charge is 0.238 e. The van der Waals surface area contributed by atoms with Crippen molar-refractivity contribution in [2.75, 3.05) is 38.0 Å². The lowest BCUT2D eigenvalue weighted by atomic mass is 10.2. The third-order valence-electron chi connectivity index (χ3n) is 4.39. The molecular weight excluding hydrogens is 404 g/mol. The van der Waals surface area contributed by atoms with Crippen molar-refractivity contribution in [3.63, 3.8) is 0 Å². The van der Waals surface area contributed by atoms with Gasteiger partial charge in [0.15, 0.2) is 0 Å². The van der Waals surface area contributed by atoms with Gasteiger partial charge < -0.3 is 5.32 Å². The number of piperazine rings is 1. The lowest BCUT2D eigenvalue weighted by Crippen LogP contribution is -2.48. The molecule has 1 aliphatic heterocycles. The fourth-order valence-corrected chi connectivity index (χ4v) is 3.29. The standard InChI is InChI=1S/C19H20BrF2N3O/c20-15-5-6-18(17(22)11-15)23-19(26)13-25-9-7-24(8-10-25)12-14-3-1-2-4-16(14)21/h1-6,11H,7-10,12-13H2,(H,23,26). The Morgan fingerprint density at radius 1 is 1.00 bits per heavy atom. The molecule has 2 aromatic rings. The third-order valence-corrected chi connectivity index (χ3v) is 4.88. The Morgan fingerprint density at radius 2 is 1.69 bits per heavy atom. The van der Waals surface area contributed by atoms with Crippen molar-refractivity contribution in [2.24, 2.45) is 0 Å². The molecule has 1 amide bonds. The molecule has 4 nitrogen and oxygen atoms in total. The molecule has 0 bridgehead atoms. The molecule has 1 aliphatic rings. The first-order chi connectivity index (χ1) is 12.5. The summed E-state index contributed by atoms with van der Waals surface area (Å²) < 4.78 is 28.1. The van der Waals surface area contributed by atoms with Crippen LogP contribution in [0.2, 0.25) is 0 Å². The molecule has 1 fully saturated rings. The van der Waals surface area contributed by atoms with Crippen molar-refractivity contribution in [1.29, 1.82) is 0 Å². The van der Waals surface area contributed by atoms with Crippen LogP contribution in [0.25, 0.3) is 0 Å². The topological polar surface area (TPSA) is 35.6 Å². The summed E-state index contributed by atoms with van der Waals surface area (Å²) in [4.78, 5) is 16.3. The predicted molar refractivity (Wildman–Crippen MR) is 101 cm³/mol. The van der Waals surface area contributed by atoms with Crippen LogP contribution in [-0.4, -0.2) is 48.4 Å². The first-order valence-electron chi connectivity index (χ1n) is 8.44. The molecule has 0 saturated carbocycles. The number of benzene rings is 2. The minimum absolute atomic E-state index is 0.177. The van der Waals surface area contributed by atoms with Crippen LogP contribution in [0.1, 0.15) is 5.56 Å². The first kappa shape index (κ1) is 18.9. The van der Waals surface area contributed by atoms with Gasteiger partial charge in [0.25, 0.3) is 0 Å². The van der Waals surface area contributed by atoms with E-state index in [1.807, 2.05) is 11.0 Å². The molecular formula is C19H20BrF2N3O. The van der Waals surface area contributed by atoms with E-state index in [0.717, 1.165) is 13.1 Å². The fraction of sp³-hybridized carbons (Fsp3) is 0.316. The highest BCUT2D eigenvalue weighted by Crippen LogP contribution is 2.19. The monoisotopic (exact) mass is 423 g/mol. The zero-order valence-corrected chi connectivity index (χ0v) is 15.8. The summed E-state index contributed by atoms with van der Waals surface area (Å²) in [7, 11) is 0. The third kappa shape index (κ3) is 5.09. The van der Waals surface area contributed by atoms with E-state index in [1.54, 1.807) is 18.2 Å². The molecule has 0 atom stereocenters. The van der Waals surface area contributed by atoms with Crippen LogP contribution in [0.15, 0.2) is 46.9 Å². The van der Waals surface area contributed by atoms with Gasteiger partial charge in [-0.05, 0) is 24.3 Å². The summed E-state index contributed by atoms with van der Waals surface area (Å²) in [6.45, 7) is 3.72. The van der Waals surface area contributed by atoms with E-state index >= 15 is 0 Å². The Bertz CT molecular complexity index is 779. The Hall–Kier alpha value is -1.83. The zero-order valence-electron chi connectivity index (χ0n) is 14.2. The van der Waals surface area contributed by atoms with Gasteiger partial charge in [-0.15, -0.1) is 0 Å². The van der Waals surface area contributed by atoms with Crippen molar-refractivity contribution in [2.45, 2.75) is 6.54 Å². The maximum Gasteiger partial charge on any atom is 0.238 e.